The molecule has 27 heavy (non-hydrogen) atoms. The first-order chi connectivity index (χ1) is 12.9. The maximum absolute atomic E-state index is 12.5. The van der Waals surface area contributed by atoms with Gasteiger partial charge in [-0.3, -0.25) is 9.69 Å². The predicted molar refractivity (Wildman–Crippen MR) is 105 cm³/mol. The van der Waals surface area contributed by atoms with Crippen LogP contribution in [0.25, 0.3) is 0 Å². The van der Waals surface area contributed by atoms with Crippen molar-refractivity contribution in [1.82, 2.24) is 4.90 Å². The molecule has 0 aliphatic heterocycles. The second-order valence-electron chi connectivity index (χ2n) is 7.68. The standard InChI is InChI=1S/C22H26N2O3/c1-22(2,3)17-8-10-18(11-9-17)23-21(25)16-24(14-19-6-4-12-26-19)15-20-7-5-13-27-20/h4-13H,14-16H2,1-3H3,(H,23,25). The number of hydrogen-bond acceptors (Lipinski definition) is 4. The minimum absolute atomic E-state index is 0.0726. The Balaban J connectivity index is 1.63. The molecule has 0 atom stereocenters. The van der Waals surface area contributed by atoms with Crippen LogP contribution in [0.15, 0.2) is 69.9 Å². The fourth-order valence-corrected chi connectivity index (χ4v) is 2.87. The number of nitrogens with zero attached hydrogens (tertiary/aromatic N) is 1. The molecule has 0 fully saturated rings. The molecule has 0 aliphatic carbocycles. The van der Waals surface area contributed by atoms with E-state index in [-0.39, 0.29) is 17.9 Å². The highest BCUT2D eigenvalue weighted by Gasteiger charge is 2.16. The molecule has 2 heterocycles. The van der Waals surface area contributed by atoms with Crippen molar-refractivity contribution >= 4 is 11.6 Å². The van der Waals surface area contributed by atoms with Gasteiger partial charge in [0.05, 0.1) is 32.2 Å². The van der Waals surface area contributed by atoms with E-state index in [9.17, 15) is 4.79 Å². The lowest BCUT2D eigenvalue weighted by Gasteiger charge is -2.21. The molecule has 1 amide bonds. The Morgan fingerprint density at radius 1 is 0.926 bits per heavy atom. The van der Waals surface area contributed by atoms with Crippen molar-refractivity contribution < 1.29 is 13.6 Å². The third-order valence-electron chi connectivity index (χ3n) is 4.32. The fourth-order valence-electron chi connectivity index (χ4n) is 2.87. The highest BCUT2D eigenvalue weighted by atomic mass is 16.3. The second-order valence-corrected chi connectivity index (χ2v) is 7.68. The largest absolute Gasteiger partial charge is 0.468 e. The van der Waals surface area contributed by atoms with Crippen molar-refractivity contribution in [2.45, 2.75) is 39.3 Å². The first kappa shape index (κ1) is 19.0. The molecule has 0 saturated heterocycles. The van der Waals surface area contributed by atoms with Gasteiger partial charge >= 0.3 is 0 Å². The maximum Gasteiger partial charge on any atom is 0.238 e. The van der Waals surface area contributed by atoms with E-state index in [1.807, 2.05) is 41.3 Å². The van der Waals surface area contributed by atoms with Crippen molar-refractivity contribution in [2.24, 2.45) is 0 Å². The van der Waals surface area contributed by atoms with Gasteiger partial charge in [-0.25, -0.2) is 0 Å². The summed E-state index contributed by atoms with van der Waals surface area (Å²) >= 11 is 0. The molecule has 3 rings (SSSR count). The van der Waals surface area contributed by atoms with Crippen molar-refractivity contribution in [3.05, 3.63) is 78.1 Å². The summed E-state index contributed by atoms with van der Waals surface area (Å²) in [6.45, 7) is 7.81. The highest BCUT2D eigenvalue weighted by molar-refractivity contribution is 5.92. The number of rotatable bonds is 7. The Morgan fingerprint density at radius 2 is 1.48 bits per heavy atom. The lowest BCUT2D eigenvalue weighted by molar-refractivity contribution is -0.117. The van der Waals surface area contributed by atoms with E-state index < -0.39 is 0 Å². The van der Waals surface area contributed by atoms with E-state index in [1.165, 1.54) is 5.56 Å². The Morgan fingerprint density at radius 3 is 1.93 bits per heavy atom. The lowest BCUT2D eigenvalue weighted by Crippen LogP contribution is -2.32. The van der Waals surface area contributed by atoms with Gasteiger partial charge in [-0.2, -0.15) is 0 Å². The predicted octanol–water partition coefficient (Wildman–Crippen LogP) is 4.81. The van der Waals surface area contributed by atoms with Crippen molar-refractivity contribution in [3.63, 3.8) is 0 Å². The van der Waals surface area contributed by atoms with Crippen LogP contribution in [-0.4, -0.2) is 17.4 Å². The van der Waals surface area contributed by atoms with Gasteiger partial charge in [0.25, 0.3) is 0 Å². The Bertz CT molecular complexity index is 793. The number of hydrogen-bond donors (Lipinski definition) is 1. The van der Waals surface area contributed by atoms with E-state index in [0.717, 1.165) is 17.2 Å². The van der Waals surface area contributed by atoms with Gasteiger partial charge in [-0.1, -0.05) is 32.9 Å². The van der Waals surface area contributed by atoms with Crippen LogP contribution >= 0.6 is 0 Å². The highest BCUT2D eigenvalue weighted by Crippen LogP contribution is 2.23. The molecular formula is C22H26N2O3. The smallest absolute Gasteiger partial charge is 0.238 e. The average molecular weight is 366 g/mol. The van der Waals surface area contributed by atoms with Gasteiger partial charge in [-0.05, 0) is 47.4 Å². The van der Waals surface area contributed by atoms with E-state index in [0.29, 0.717) is 13.1 Å². The first-order valence-corrected chi connectivity index (χ1v) is 9.08. The van der Waals surface area contributed by atoms with E-state index in [2.05, 4.69) is 38.2 Å². The molecule has 0 radical (unpaired) electrons. The zero-order chi connectivity index (χ0) is 19.3. The van der Waals surface area contributed by atoms with Crippen LogP contribution < -0.4 is 5.32 Å². The maximum atomic E-state index is 12.5. The van der Waals surface area contributed by atoms with Crippen LogP contribution in [0.1, 0.15) is 37.9 Å². The van der Waals surface area contributed by atoms with E-state index in [4.69, 9.17) is 8.83 Å². The summed E-state index contributed by atoms with van der Waals surface area (Å²) in [5, 5.41) is 2.97. The van der Waals surface area contributed by atoms with E-state index in [1.54, 1.807) is 12.5 Å². The molecule has 0 spiro atoms. The van der Waals surface area contributed by atoms with Crippen LogP contribution in [0.4, 0.5) is 5.69 Å². The summed E-state index contributed by atoms with van der Waals surface area (Å²) in [5.41, 5.74) is 2.12. The quantitative estimate of drug-likeness (QED) is 0.652. The van der Waals surface area contributed by atoms with Gasteiger partial charge in [0.2, 0.25) is 5.91 Å². The summed E-state index contributed by atoms with van der Waals surface area (Å²) in [6.07, 6.45) is 3.27. The molecule has 0 unspecified atom stereocenters. The first-order valence-electron chi connectivity index (χ1n) is 9.08. The summed E-state index contributed by atoms with van der Waals surface area (Å²) in [5.74, 6) is 1.55. The van der Waals surface area contributed by atoms with Crippen molar-refractivity contribution in [3.8, 4) is 0 Å². The van der Waals surface area contributed by atoms with Gasteiger partial charge < -0.3 is 14.2 Å². The Labute approximate surface area is 160 Å². The van der Waals surface area contributed by atoms with E-state index >= 15 is 0 Å². The summed E-state index contributed by atoms with van der Waals surface area (Å²) in [6, 6.07) is 15.5. The van der Waals surface area contributed by atoms with Gasteiger partial charge in [0.1, 0.15) is 11.5 Å². The fraction of sp³-hybridized carbons (Fsp3) is 0.318. The zero-order valence-electron chi connectivity index (χ0n) is 16.1. The zero-order valence-corrected chi connectivity index (χ0v) is 16.1. The molecule has 142 valence electrons. The van der Waals surface area contributed by atoms with Crippen LogP contribution in [0, 0.1) is 0 Å². The second kappa shape index (κ2) is 8.27. The molecule has 1 N–H and O–H groups in total. The lowest BCUT2D eigenvalue weighted by atomic mass is 9.87. The third kappa shape index (κ3) is 5.59. The third-order valence-corrected chi connectivity index (χ3v) is 4.32. The van der Waals surface area contributed by atoms with Crippen LogP contribution in [0.2, 0.25) is 0 Å². The molecule has 2 aromatic heterocycles. The monoisotopic (exact) mass is 366 g/mol. The van der Waals surface area contributed by atoms with Gasteiger partial charge in [0.15, 0.2) is 0 Å². The minimum Gasteiger partial charge on any atom is -0.468 e. The minimum atomic E-state index is -0.0726. The number of anilines is 1. The topological polar surface area (TPSA) is 58.6 Å². The van der Waals surface area contributed by atoms with Crippen molar-refractivity contribution in [2.75, 3.05) is 11.9 Å². The SMILES string of the molecule is CC(C)(C)c1ccc(NC(=O)CN(Cc2ccco2)Cc2ccco2)cc1. The number of carbonyl (C=O) groups excluding carboxylic acids is 1. The molecular weight excluding hydrogens is 340 g/mol. The number of furan rings is 2. The summed E-state index contributed by atoms with van der Waals surface area (Å²) in [4.78, 5) is 14.5. The number of carbonyl (C=O) groups is 1. The Kier molecular flexibility index (Phi) is 5.81. The van der Waals surface area contributed by atoms with Gasteiger partial charge in [0, 0.05) is 5.69 Å². The molecule has 3 aromatic rings. The molecule has 5 nitrogen and oxygen atoms in total. The molecule has 0 aliphatic rings. The van der Waals surface area contributed by atoms with Crippen LogP contribution in [0.3, 0.4) is 0 Å². The van der Waals surface area contributed by atoms with Gasteiger partial charge in [-0.15, -0.1) is 0 Å². The summed E-state index contributed by atoms with van der Waals surface area (Å²) < 4.78 is 10.8. The number of nitrogens with one attached hydrogen (secondary N) is 1. The average Bonchev–Trinajstić information content (AvgIpc) is 3.28. The molecule has 0 bridgehead atoms. The number of amides is 1. The van der Waals surface area contributed by atoms with Crippen LogP contribution in [0.5, 0.6) is 0 Å². The summed E-state index contributed by atoms with van der Waals surface area (Å²) in [7, 11) is 0. The Hall–Kier alpha value is -2.79. The normalized spacial score (nSPS) is 11.7. The van der Waals surface area contributed by atoms with Crippen molar-refractivity contribution in [1.29, 1.82) is 0 Å². The van der Waals surface area contributed by atoms with Crippen LogP contribution in [-0.2, 0) is 23.3 Å². The molecule has 5 heteroatoms. The number of benzene rings is 1. The molecule has 0 saturated carbocycles. The molecule has 1 aromatic carbocycles.